The van der Waals surface area contributed by atoms with Gasteiger partial charge in [-0.15, -0.1) is 6.42 Å². The molecule has 0 fully saturated rings. The molecule has 0 radical (unpaired) electrons. The molecule has 172 valence electrons. The summed E-state index contributed by atoms with van der Waals surface area (Å²) in [6.45, 7) is 0. The van der Waals surface area contributed by atoms with Crippen LogP contribution >= 0.6 is 11.6 Å². The lowest BCUT2D eigenvalue weighted by atomic mass is 10.0. The molecule has 8 heteroatoms. The Labute approximate surface area is 208 Å². The van der Waals surface area contributed by atoms with Crippen LogP contribution in [0.2, 0.25) is 5.02 Å². The molecule has 0 aliphatic rings. The minimum atomic E-state index is -3.02. The minimum absolute atomic E-state index is 0.153. The number of halogens is 1. The molecule has 3 aromatic heterocycles. The van der Waals surface area contributed by atoms with E-state index in [1.807, 2.05) is 72.4 Å². The van der Waals surface area contributed by atoms with Gasteiger partial charge in [-0.1, -0.05) is 41.8 Å². The molecule has 0 bridgehead atoms. The Kier molecular flexibility index (Phi) is 5.65. The van der Waals surface area contributed by atoms with Crippen molar-refractivity contribution in [1.82, 2.24) is 19.1 Å². The Bertz CT molecular complexity index is 1680. The van der Waals surface area contributed by atoms with Gasteiger partial charge in [0.15, 0.2) is 0 Å². The lowest BCUT2D eigenvalue weighted by molar-refractivity contribution is 0.889. The quantitative estimate of drug-likeness (QED) is 0.305. The van der Waals surface area contributed by atoms with Gasteiger partial charge >= 0.3 is 0 Å². The number of rotatable bonds is 4. The summed E-state index contributed by atoms with van der Waals surface area (Å²) >= 11 is 6.19. The molecule has 0 aliphatic heterocycles. The maximum Gasteiger partial charge on any atom is 0.252 e. The van der Waals surface area contributed by atoms with E-state index in [-0.39, 0.29) is 5.56 Å². The van der Waals surface area contributed by atoms with Crippen LogP contribution < -0.4 is 26.6 Å². The maximum absolute atomic E-state index is 12.8. The number of nitrogens with zero attached hydrogens (tertiary/aromatic N) is 4. The van der Waals surface area contributed by atoms with Crippen molar-refractivity contribution in [3.05, 3.63) is 100 Å². The van der Waals surface area contributed by atoms with Crippen molar-refractivity contribution < 1.29 is 0 Å². The number of imidazole rings is 1. The van der Waals surface area contributed by atoms with Crippen LogP contribution in [0.3, 0.4) is 0 Å². The van der Waals surface area contributed by atoms with E-state index in [4.69, 9.17) is 28.4 Å². The second-order valence-corrected chi connectivity index (χ2v) is 12.2. The molecule has 0 saturated heterocycles. The van der Waals surface area contributed by atoms with Crippen LogP contribution in [0.1, 0.15) is 5.56 Å². The monoisotopic (exact) mass is 495 g/mol. The fourth-order valence-corrected chi connectivity index (χ4v) is 7.74. The third-order valence-electron chi connectivity index (χ3n) is 6.39. The Morgan fingerprint density at radius 1 is 1.03 bits per heavy atom. The van der Waals surface area contributed by atoms with Gasteiger partial charge in [0.2, 0.25) is 8.24 Å². The van der Waals surface area contributed by atoms with Gasteiger partial charge in [0, 0.05) is 53.8 Å². The first-order valence-electron chi connectivity index (χ1n) is 10.9. The molecule has 0 unspecified atom stereocenters. The molecular weight excluding hydrogens is 474 g/mol. The molecule has 0 aliphatic carbocycles. The number of aryl methyl sites for hydroxylation is 2. The number of aromatic nitrogens is 4. The SMILES string of the molecule is C#Cc1cccc(-c2cc(=O)n(C)c3ncc([Si@](N)(c4ccc(Cl)cc4)c4cncn4C)cc23)c1. The van der Waals surface area contributed by atoms with Crippen LogP contribution in [-0.2, 0) is 14.1 Å². The van der Waals surface area contributed by atoms with Crippen LogP contribution in [0.25, 0.3) is 22.2 Å². The summed E-state index contributed by atoms with van der Waals surface area (Å²) in [6, 6.07) is 18.9. The number of hydrogen-bond acceptors (Lipinski definition) is 4. The average molecular weight is 496 g/mol. The van der Waals surface area contributed by atoms with E-state index >= 15 is 0 Å². The van der Waals surface area contributed by atoms with Crippen LogP contribution in [0, 0.1) is 12.3 Å². The predicted molar refractivity (Wildman–Crippen MR) is 144 cm³/mol. The molecule has 2 aromatic carbocycles. The van der Waals surface area contributed by atoms with Gasteiger partial charge in [-0.05, 0) is 51.8 Å². The van der Waals surface area contributed by atoms with E-state index in [1.165, 1.54) is 0 Å². The number of pyridine rings is 2. The van der Waals surface area contributed by atoms with Gasteiger partial charge in [-0.25, -0.2) is 9.97 Å². The topological polar surface area (TPSA) is 78.7 Å². The molecule has 0 saturated carbocycles. The third-order valence-corrected chi connectivity index (χ3v) is 10.4. The summed E-state index contributed by atoms with van der Waals surface area (Å²) in [6.07, 6.45) is 11.0. The van der Waals surface area contributed by atoms with Crippen molar-refractivity contribution in [1.29, 1.82) is 0 Å². The molecule has 1 atom stereocenters. The zero-order chi connectivity index (χ0) is 24.7. The summed E-state index contributed by atoms with van der Waals surface area (Å²) in [5, 5.41) is 11.6. The highest BCUT2D eigenvalue weighted by molar-refractivity contribution is 7.09. The van der Waals surface area contributed by atoms with E-state index in [1.54, 1.807) is 30.2 Å². The first kappa shape index (κ1) is 22.8. The average Bonchev–Trinajstić information content (AvgIpc) is 3.32. The fourth-order valence-electron chi connectivity index (χ4n) is 4.47. The first-order valence-corrected chi connectivity index (χ1v) is 13.4. The molecule has 5 aromatic rings. The van der Waals surface area contributed by atoms with Gasteiger partial charge in [0.05, 0.1) is 6.33 Å². The zero-order valence-electron chi connectivity index (χ0n) is 19.2. The molecule has 0 spiro atoms. The molecule has 5 rings (SSSR count). The number of nitrogens with two attached hydrogens (primary N) is 1. The van der Waals surface area contributed by atoms with E-state index in [2.05, 4.69) is 10.9 Å². The van der Waals surface area contributed by atoms with Crippen LogP contribution in [0.15, 0.2) is 84.2 Å². The van der Waals surface area contributed by atoms with Gasteiger partial charge in [-0.2, -0.15) is 0 Å². The Hall–Kier alpha value is -3.96. The van der Waals surface area contributed by atoms with Crippen molar-refractivity contribution in [3.63, 3.8) is 0 Å². The highest BCUT2D eigenvalue weighted by Gasteiger charge is 2.39. The Balaban J connectivity index is 1.84. The van der Waals surface area contributed by atoms with Gasteiger partial charge in [-0.3, -0.25) is 9.36 Å². The third kappa shape index (κ3) is 3.78. The number of hydrogen-bond donors (Lipinski definition) is 1. The van der Waals surface area contributed by atoms with E-state index in [0.717, 1.165) is 37.8 Å². The summed E-state index contributed by atoms with van der Waals surface area (Å²) < 4.78 is 3.49. The molecular formula is C27H22ClN5OSi. The molecule has 6 nitrogen and oxygen atoms in total. The minimum Gasteiger partial charge on any atom is -0.339 e. The predicted octanol–water partition coefficient (Wildman–Crippen LogP) is 1.89. The van der Waals surface area contributed by atoms with E-state index in [0.29, 0.717) is 10.7 Å². The van der Waals surface area contributed by atoms with E-state index < -0.39 is 8.24 Å². The highest BCUT2D eigenvalue weighted by atomic mass is 35.5. The van der Waals surface area contributed by atoms with Gasteiger partial charge in [0.25, 0.3) is 5.56 Å². The molecule has 35 heavy (non-hydrogen) atoms. The first-order chi connectivity index (χ1) is 16.8. The number of terminal acetylenes is 1. The Morgan fingerprint density at radius 3 is 2.49 bits per heavy atom. The largest absolute Gasteiger partial charge is 0.339 e. The summed E-state index contributed by atoms with van der Waals surface area (Å²) in [4.78, 5) is 21.9. The fraction of sp³-hybridized carbons (Fsp3) is 0.0741. The smallest absolute Gasteiger partial charge is 0.252 e. The summed E-state index contributed by atoms with van der Waals surface area (Å²) in [5.74, 6) is 2.67. The molecule has 0 amide bonds. The number of benzene rings is 2. The van der Waals surface area contributed by atoms with Crippen molar-refractivity contribution >= 4 is 46.6 Å². The van der Waals surface area contributed by atoms with Crippen LogP contribution in [-0.4, -0.2) is 27.3 Å². The highest BCUT2D eigenvalue weighted by Crippen LogP contribution is 2.26. The number of fused-ring (bicyclic) bond motifs is 1. The Morgan fingerprint density at radius 2 is 1.80 bits per heavy atom. The van der Waals surface area contributed by atoms with Crippen molar-refractivity contribution in [3.8, 4) is 23.5 Å². The summed E-state index contributed by atoms with van der Waals surface area (Å²) in [7, 11) is 0.624. The molecule has 3 heterocycles. The van der Waals surface area contributed by atoms with Gasteiger partial charge < -0.3 is 9.97 Å². The second kappa shape index (κ2) is 8.67. The van der Waals surface area contributed by atoms with Crippen molar-refractivity contribution in [2.75, 3.05) is 0 Å². The van der Waals surface area contributed by atoms with Crippen LogP contribution in [0.4, 0.5) is 0 Å². The summed E-state index contributed by atoms with van der Waals surface area (Å²) in [5.41, 5.74) is 2.75. The van der Waals surface area contributed by atoms with E-state index in [9.17, 15) is 4.79 Å². The lowest BCUT2D eigenvalue weighted by Gasteiger charge is -2.28. The second-order valence-electron chi connectivity index (χ2n) is 8.48. The van der Waals surface area contributed by atoms with Crippen molar-refractivity contribution in [2.45, 2.75) is 0 Å². The van der Waals surface area contributed by atoms with Gasteiger partial charge in [0.1, 0.15) is 5.65 Å². The zero-order valence-corrected chi connectivity index (χ0v) is 21.0. The maximum atomic E-state index is 12.8. The standard InChI is InChI=1S/C27H22ClN5OSi/c1-4-18-6-5-7-19(12-18)23-14-25(34)33(3)27-24(23)13-22(15-31-27)35(29,26-16-30-17-32(26)2)21-10-8-20(28)9-11-21/h1,5-17H,29H2,2-3H3/t35-/m1/s1. The van der Waals surface area contributed by atoms with Crippen LogP contribution in [0.5, 0.6) is 0 Å². The van der Waals surface area contributed by atoms with Crippen molar-refractivity contribution in [2.24, 2.45) is 19.5 Å². The lowest BCUT2D eigenvalue weighted by Crippen LogP contribution is -2.75. The molecule has 2 N–H and O–H groups in total. The normalized spacial score (nSPS) is 12.9.